The van der Waals surface area contributed by atoms with Crippen molar-refractivity contribution in [2.45, 2.75) is 37.8 Å². The van der Waals surface area contributed by atoms with Gasteiger partial charge in [-0.25, -0.2) is 9.59 Å². The predicted molar refractivity (Wildman–Crippen MR) is 254 cm³/mol. The monoisotopic (exact) mass is 1100 g/mol. The molecule has 9 rings (SSSR count). The Kier molecular flexibility index (Phi) is 18.4. The topological polar surface area (TPSA) is 242 Å². The van der Waals surface area contributed by atoms with Crippen LogP contribution >= 0.6 is 23.9 Å². The van der Waals surface area contributed by atoms with Gasteiger partial charge < -0.3 is 10.2 Å². The zero-order valence-corrected chi connectivity index (χ0v) is 40.1. The molecule has 2 fully saturated rings. The van der Waals surface area contributed by atoms with Gasteiger partial charge in [-0.2, -0.15) is 0 Å². The van der Waals surface area contributed by atoms with Gasteiger partial charge in [-0.1, -0.05) is 120 Å². The summed E-state index contributed by atoms with van der Waals surface area (Å²) in [5.74, 6) is -6.43. The molecule has 4 aliphatic heterocycles. The predicted octanol–water partition coefficient (Wildman–Crippen LogP) is 4.74. The maximum atomic E-state index is 12.5. The van der Waals surface area contributed by atoms with Crippen LogP contribution in [-0.2, 0) is 49.2 Å². The average Bonchev–Trinajstić information content (AvgIpc) is 3.72. The van der Waals surface area contributed by atoms with Gasteiger partial charge in [0.05, 0.1) is 22.3 Å². The Morgan fingerprint density at radius 2 is 0.942 bits per heavy atom. The number of nitrogens with one attached hydrogen (secondary N) is 2. The van der Waals surface area contributed by atoms with E-state index in [0.29, 0.717) is 10.0 Å². The summed E-state index contributed by atoms with van der Waals surface area (Å²) < 4.78 is 0.683. The van der Waals surface area contributed by atoms with Crippen LogP contribution in [0.25, 0.3) is 6.08 Å². The summed E-state index contributed by atoms with van der Waals surface area (Å²) in [4.78, 5) is 117. The third kappa shape index (κ3) is 12.8. The second-order valence-electron chi connectivity index (χ2n) is 14.9. The second-order valence-corrected chi connectivity index (χ2v) is 18.1. The Bertz CT molecular complexity index is 2790. The Hall–Kier alpha value is -7.35. The fourth-order valence-corrected chi connectivity index (χ4v) is 10.0. The molecular formula is C50H40BrN4O12PPd. The summed E-state index contributed by atoms with van der Waals surface area (Å²) in [5, 5.41) is 24.7. The molecule has 16 nitrogen and oxygen atoms in total. The second kappa shape index (κ2) is 24.1. The number of carboxylic acids is 2. The molecule has 19 heteroatoms. The zero-order valence-electron chi connectivity index (χ0n) is 36.1. The van der Waals surface area contributed by atoms with Crippen molar-refractivity contribution in [1.82, 2.24) is 20.4 Å². The number of halogens is 1. The van der Waals surface area contributed by atoms with Crippen molar-refractivity contribution in [1.29, 1.82) is 0 Å². The van der Waals surface area contributed by atoms with Crippen molar-refractivity contribution in [3.63, 3.8) is 0 Å². The van der Waals surface area contributed by atoms with Gasteiger partial charge in [0, 0.05) is 49.9 Å². The van der Waals surface area contributed by atoms with Crippen molar-refractivity contribution in [2.75, 3.05) is 0 Å². The minimum absolute atomic E-state index is 0. The number of fused-ring (bicyclic) bond motifs is 2. The molecule has 2 saturated heterocycles. The van der Waals surface area contributed by atoms with Crippen molar-refractivity contribution >= 4 is 105 Å². The molecule has 0 spiro atoms. The van der Waals surface area contributed by atoms with E-state index in [1.54, 1.807) is 18.2 Å². The van der Waals surface area contributed by atoms with Gasteiger partial charge in [0.1, 0.15) is 12.1 Å². The number of hydrogen-bond acceptors (Lipinski definition) is 10. The molecule has 4 N–H and O–H groups in total. The molecular weight excluding hydrogens is 1070 g/mol. The molecule has 5 aromatic carbocycles. The largest absolute Gasteiger partial charge is 0.478 e. The molecule has 2 unspecified atom stereocenters. The van der Waals surface area contributed by atoms with Gasteiger partial charge in [0.2, 0.25) is 23.6 Å². The zero-order chi connectivity index (χ0) is 49.1. The molecule has 2 atom stereocenters. The van der Waals surface area contributed by atoms with Crippen LogP contribution in [0.2, 0.25) is 0 Å². The van der Waals surface area contributed by atoms with E-state index >= 15 is 0 Å². The first-order chi connectivity index (χ1) is 32.6. The Labute approximate surface area is 418 Å². The number of nitrogens with zero attached hydrogens (tertiary/aromatic N) is 2. The Morgan fingerprint density at radius 1 is 0.565 bits per heavy atom. The van der Waals surface area contributed by atoms with Crippen LogP contribution in [0.3, 0.4) is 0 Å². The molecule has 0 radical (unpaired) electrons. The Morgan fingerprint density at radius 3 is 1.32 bits per heavy atom. The van der Waals surface area contributed by atoms with Crippen LogP contribution in [0.1, 0.15) is 72.7 Å². The van der Waals surface area contributed by atoms with Crippen molar-refractivity contribution in [3.8, 4) is 0 Å². The number of amides is 8. The van der Waals surface area contributed by atoms with Gasteiger partial charge in [-0.15, -0.1) is 0 Å². The first-order valence-electron chi connectivity index (χ1n) is 20.7. The van der Waals surface area contributed by atoms with Crippen LogP contribution in [0.5, 0.6) is 0 Å². The summed E-state index contributed by atoms with van der Waals surface area (Å²) in [7, 11) is -0.446. The fourth-order valence-electron chi connectivity index (χ4n) is 7.38. The average molecular weight is 1110 g/mol. The van der Waals surface area contributed by atoms with Crippen LogP contribution in [0.15, 0.2) is 151 Å². The van der Waals surface area contributed by atoms with Gasteiger partial charge in [0.15, 0.2) is 0 Å². The smallest absolute Gasteiger partial charge is 0.328 e. The molecule has 0 aromatic heterocycles. The van der Waals surface area contributed by atoms with E-state index in [4.69, 9.17) is 10.2 Å². The van der Waals surface area contributed by atoms with E-state index in [0.717, 1.165) is 22.0 Å². The van der Waals surface area contributed by atoms with Crippen LogP contribution in [0.4, 0.5) is 0 Å². The normalized spacial score (nSPS) is 16.9. The number of carbonyl (C=O) groups excluding carboxylic acids is 8. The van der Waals surface area contributed by atoms with Crippen LogP contribution in [0, 0.1) is 0 Å². The molecule has 0 aliphatic carbocycles. The number of benzene rings is 5. The van der Waals surface area contributed by atoms with Crippen LogP contribution in [-0.4, -0.2) is 91.3 Å². The van der Waals surface area contributed by atoms with Crippen molar-refractivity contribution < 1.29 is 78.6 Å². The van der Waals surface area contributed by atoms with Gasteiger partial charge in [0.25, 0.3) is 23.6 Å². The molecule has 8 amide bonds. The maximum absolute atomic E-state index is 12.5. The van der Waals surface area contributed by atoms with Crippen molar-refractivity contribution in [2.24, 2.45) is 0 Å². The van der Waals surface area contributed by atoms with Crippen LogP contribution < -0.4 is 26.5 Å². The number of piperidine rings is 2. The minimum atomic E-state index is -1.14. The summed E-state index contributed by atoms with van der Waals surface area (Å²) in [6.45, 7) is 2.96. The molecule has 4 heterocycles. The van der Waals surface area contributed by atoms with E-state index < -0.39 is 73.3 Å². The first kappa shape index (κ1) is 52.6. The molecule has 4 aliphatic rings. The summed E-state index contributed by atoms with van der Waals surface area (Å²) in [6, 6.07) is 39.5. The standard InChI is InChI=1S/C18H15P.C16H12N2O6.C13H9BrN2O4.C3H4O2.Pd/c1-4-10-16(11-5-1)19(17-12-6-2-7-13-17)18-14-8-3-9-15-18;19-12-5-4-11(14(22)17-12)18-15(23)9-3-1-8(2-6-13(20)21)7-10(9)16(18)24;14-6-1-2-7-8(5-6)13(20)16(12(7)19)9-3-4-10(17)15-11(9)18;1-2-3(4)5;/h1-15H;1-3,6-7,11H,4-5H2,(H,20,21)(H,17,19,22);1-2,5,9H,3-4H2,(H,15,17,18);2H,1H2,(H,4,5);/b;6-2+;;;. The third-order valence-electron chi connectivity index (χ3n) is 10.5. The van der Waals surface area contributed by atoms with Crippen molar-refractivity contribution in [3.05, 3.63) is 178 Å². The SMILES string of the molecule is C=CC(=O)O.O=C(O)/C=C/c1ccc2c(c1)C(=O)N(C1CCC(=O)NC1=O)C2=O.O=C1CCC(N2C(=O)c3ccc(Br)cc3C2=O)C(=O)N1.[Pd].c1ccc(P(c2ccccc2)c2ccccc2)cc1. The number of aliphatic carboxylic acids is 2. The number of hydrogen-bond donors (Lipinski definition) is 4. The number of carboxylic acid groups (broad SMARTS) is 2. The first-order valence-corrected chi connectivity index (χ1v) is 22.8. The summed E-state index contributed by atoms with van der Waals surface area (Å²) in [6.07, 6.45) is 3.47. The quantitative estimate of drug-likeness (QED) is 0.0714. The maximum Gasteiger partial charge on any atom is 0.328 e. The fraction of sp³-hybridized carbons (Fsp3) is 0.120. The molecule has 0 saturated carbocycles. The van der Waals surface area contributed by atoms with Gasteiger partial charge >= 0.3 is 11.9 Å². The van der Waals surface area contributed by atoms with E-state index in [9.17, 15) is 47.9 Å². The van der Waals surface area contributed by atoms with Gasteiger partial charge in [-0.3, -0.25) is 58.8 Å². The molecule has 5 aromatic rings. The summed E-state index contributed by atoms with van der Waals surface area (Å²) in [5.41, 5.74) is 1.26. The molecule has 69 heavy (non-hydrogen) atoms. The molecule has 0 bridgehead atoms. The van der Waals surface area contributed by atoms with E-state index in [1.807, 2.05) is 0 Å². The molecule has 354 valence electrons. The third-order valence-corrected chi connectivity index (χ3v) is 13.4. The number of carbonyl (C=O) groups is 10. The van der Waals surface area contributed by atoms with E-state index in [-0.39, 0.29) is 74.3 Å². The van der Waals surface area contributed by atoms with E-state index in [2.05, 4.69) is 124 Å². The van der Waals surface area contributed by atoms with E-state index in [1.165, 1.54) is 40.2 Å². The van der Waals surface area contributed by atoms with Gasteiger partial charge in [-0.05, 0) is 78.6 Å². The minimum Gasteiger partial charge on any atom is -0.478 e. The number of imide groups is 4. The summed E-state index contributed by atoms with van der Waals surface area (Å²) >= 11 is 3.24. The Balaban J connectivity index is 0.000000184. The number of rotatable bonds is 8.